The molecule has 122 valence electrons. The standard InChI is InChI=1S/C14H16ClF3N2O2/c15-10-5-9(14(16,17)18)7-20-12(22-4-3-21)6-11(8-1-2-8)19-13(10)20/h5,7-8,11-12,21H,1-4,6H2. The van der Waals surface area contributed by atoms with Gasteiger partial charge in [0.15, 0.2) is 0 Å². The van der Waals surface area contributed by atoms with E-state index in [1.54, 1.807) is 0 Å². The van der Waals surface area contributed by atoms with Crippen molar-refractivity contribution in [3.8, 4) is 0 Å². The van der Waals surface area contributed by atoms with Crippen molar-refractivity contribution in [3.63, 3.8) is 0 Å². The van der Waals surface area contributed by atoms with Crippen LogP contribution in [-0.4, -0.2) is 47.5 Å². The predicted molar refractivity (Wildman–Crippen MR) is 75.3 cm³/mol. The minimum absolute atomic E-state index is 0.0120. The summed E-state index contributed by atoms with van der Waals surface area (Å²) in [6, 6.07) is 0.0120. The average molecular weight is 337 g/mol. The zero-order valence-corrected chi connectivity index (χ0v) is 12.4. The molecular formula is C14H16ClF3N2O2. The lowest BCUT2D eigenvalue weighted by molar-refractivity contribution is -0.0913. The molecule has 2 heterocycles. The van der Waals surface area contributed by atoms with Crippen LogP contribution in [0.2, 0.25) is 0 Å². The lowest BCUT2D eigenvalue weighted by Gasteiger charge is -2.39. The number of aliphatic imine (C=N–C) groups is 1. The van der Waals surface area contributed by atoms with Crippen molar-refractivity contribution < 1.29 is 23.0 Å². The van der Waals surface area contributed by atoms with E-state index in [4.69, 9.17) is 21.4 Å². The van der Waals surface area contributed by atoms with E-state index in [1.165, 1.54) is 4.90 Å². The van der Waals surface area contributed by atoms with E-state index in [0.29, 0.717) is 18.2 Å². The van der Waals surface area contributed by atoms with Gasteiger partial charge in [-0.2, -0.15) is 13.2 Å². The van der Waals surface area contributed by atoms with Gasteiger partial charge in [-0.05, 0) is 24.8 Å². The Morgan fingerprint density at radius 1 is 1.41 bits per heavy atom. The second-order valence-electron chi connectivity index (χ2n) is 5.62. The molecule has 3 aliphatic rings. The summed E-state index contributed by atoms with van der Waals surface area (Å²) in [5.41, 5.74) is -0.834. The number of halogens is 4. The molecule has 1 saturated carbocycles. The highest BCUT2D eigenvalue weighted by Gasteiger charge is 2.43. The van der Waals surface area contributed by atoms with E-state index in [0.717, 1.165) is 25.1 Å². The van der Waals surface area contributed by atoms with Gasteiger partial charge in [0.2, 0.25) is 0 Å². The molecule has 0 amide bonds. The maximum Gasteiger partial charge on any atom is 0.417 e. The fourth-order valence-electron chi connectivity index (χ4n) is 2.72. The number of amidine groups is 1. The van der Waals surface area contributed by atoms with E-state index in [-0.39, 0.29) is 24.3 Å². The van der Waals surface area contributed by atoms with Crippen molar-refractivity contribution in [2.45, 2.75) is 37.7 Å². The quantitative estimate of drug-likeness (QED) is 0.858. The highest BCUT2D eigenvalue weighted by molar-refractivity contribution is 6.43. The molecule has 2 atom stereocenters. The van der Waals surface area contributed by atoms with Crippen LogP contribution in [0, 0.1) is 5.92 Å². The Bertz CT molecular complexity index is 541. The Morgan fingerprint density at radius 3 is 2.73 bits per heavy atom. The van der Waals surface area contributed by atoms with Crippen molar-refractivity contribution in [1.29, 1.82) is 0 Å². The zero-order valence-electron chi connectivity index (χ0n) is 11.7. The number of ether oxygens (including phenoxy) is 1. The van der Waals surface area contributed by atoms with Gasteiger partial charge in [-0.1, -0.05) is 11.6 Å². The second kappa shape index (κ2) is 5.86. The Balaban J connectivity index is 1.92. The molecule has 1 N–H and O–H groups in total. The lowest BCUT2D eigenvalue weighted by Crippen LogP contribution is -2.47. The van der Waals surface area contributed by atoms with Gasteiger partial charge in [-0.15, -0.1) is 0 Å². The minimum Gasteiger partial charge on any atom is -0.394 e. The van der Waals surface area contributed by atoms with Crippen LogP contribution in [0.15, 0.2) is 27.9 Å². The van der Waals surface area contributed by atoms with Crippen molar-refractivity contribution in [2.75, 3.05) is 13.2 Å². The number of alkyl halides is 3. The smallest absolute Gasteiger partial charge is 0.394 e. The van der Waals surface area contributed by atoms with E-state index in [9.17, 15) is 13.2 Å². The molecule has 3 rings (SSSR count). The molecule has 4 nitrogen and oxygen atoms in total. The molecule has 0 spiro atoms. The number of rotatable bonds is 4. The van der Waals surface area contributed by atoms with Gasteiger partial charge in [0.1, 0.15) is 12.1 Å². The fourth-order valence-corrected chi connectivity index (χ4v) is 2.99. The number of nitrogens with zero attached hydrogens (tertiary/aromatic N) is 2. The van der Waals surface area contributed by atoms with E-state index >= 15 is 0 Å². The van der Waals surface area contributed by atoms with Crippen LogP contribution in [0.25, 0.3) is 0 Å². The predicted octanol–water partition coefficient (Wildman–Crippen LogP) is 2.79. The SMILES string of the molecule is OCCOC1CC(C2CC2)N=C2C(Cl)=CC(C(F)(F)F)=CN21. The van der Waals surface area contributed by atoms with Crippen molar-refractivity contribution in [3.05, 3.63) is 22.9 Å². The van der Waals surface area contributed by atoms with Crippen LogP contribution in [0.3, 0.4) is 0 Å². The van der Waals surface area contributed by atoms with E-state index < -0.39 is 18.0 Å². The first kappa shape index (κ1) is 15.8. The Morgan fingerprint density at radius 2 is 2.14 bits per heavy atom. The Labute approximate surface area is 130 Å². The first-order valence-electron chi connectivity index (χ1n) is 7.15. The molecule has 1 fully saturated rings. The van der Waals surface area contributed by atoms with Crippen LogP contribution < -0.4 is 0 Å². The summed E-state index contributed by atoms with van der Waals surface area (Å²) < 4.78 is 44.4. The molecule has 2 unspecified atom stereocenters. The highest BCUT2D eigenvalue weighted by Crippen LogP contribution is 2.41. The minimum atomic E-state index is -4.49. The van der Waals surface area contributed by atoms with E-state index in [2.05, 4.69) is 4.99 Å². The largest absolute Gasteiger partial charge is 0.417 e. The van der Waals surface area contributed by atoms with Crippen molar-refractivity contribution in [2.24, 2.45) is 10.9 Å². The molecular weight excluding hydrogens is 321 g/mol. The van der Waals surface area contributed by atoms with Crippen LogP contribution in [0.5, 0.6) is 0 Å². The normalized spacial score (nSPS) is 28.8. The third-order valence-corrected chi connectivity index (χ3v) is 4.23. The molecule has 0 radical (unpaired) electrons. The topological polar surface area (TPSA) is 45.1 Å². The van der Waals surface area contributed by atoms with E-state index in [1.807, 2.05) is 0 Å². The van der Waals surface area contributed by atoms with Gasteiger partial charge >= 0.3 is 6.18 Å². The molecule has 1 aliphatic carbocycles. The fraction of sp³-hybridized carbons (Fsp3) is 0.643. The first-order chi connectivity index (χ1) is 10.4. The average Bonchev–Trinajstić information content (AvgIpc) is 3.28. The summed E-state index contributed by atoms with van der Waals surface area (Å²) in [5.74, 6) is 0.771. The number of hydrogen-bond donors (Lipinski definition) is 1. The maximum absolute atomic E-state index is 12.9. The zero-order chi connectivity index (χ0) is 15.9. The Hall–Kier alpha value is -1.05. The third kappa shape index (κ3) is 3.16. The van der Waals surface area contributed by atoms with Crippen molar-refractivity contribution >= 4 is 17.4 Å². The van der Waals surface area contributed by atoms with Crippen molar-refractivity contribution in [1.82, 2.24) is 4.90 Å². The number of fused-ring (bicyclic) bond motifs is 1. The van der Waals surface area contributed by atoms with Gasteiger partial charge < -0.3 is 14.7 Å². The lowest BCUT2D eigenvalue weighted by atomic mass is 10.0. The number of allylic oxidation sites excluding steroid dienone is 2. The summed E-state index contributed by atoms with van der Waals surface area (Å²) in [7, 11) is 0. The Kier molecular flexibility index (Phi) is 4.22. The molecule has 0 aromatic rings. The molecule has 22 heavy (non-hydrogen) atoms. The number of aliphatic hydroxyl groups is 1. The summed E-state index contributed by atoms with van der Waals surface area (Å²) in [6.45, 7) is -0.132. The summed E-state index contributed by atoms with van der Waals surface area (Å²) >= 11 is 6.02. The summed E-state index contributed by atoms with van der Waals surface area (Å²) in [4.78, 5) is 5.84. The molecule has 2 aliphatic heterocycles. The molecule has 0 bridgehead atoms. The summed E-state index contributed by atoms with van der Waals surface area (Å²) in [5, 5.41) is 8.88. The molecule has 0 saturated heterocycles. The maximum atomic E-state index is 12.9. The second-order valence-corrected chi connectivity index (χ2v) is 6.03. The monoisotopic (exact) mass is 336 g/mol. The number of hydrogen-bond acceptors (Lipinski definition) is 4. The first-order valence-corrected chi connectivity index (χ1v) is 7.53. The van der Waals surface area contributed by atoms with Crippen LogP contribution in [-0.2, 0) is 4.74 Å². The molecule has 0 aromatic heterocycles. The number of aliphatic hydroxyl groups excluding tert-OH is 1. The van der Waals surface area contributed by atoms with Crippen LogP contribution >= 0.6 is 11.6 Å². The van der Waals surface area contributed by atoms with Gasteiger partial charge in [0.25, 0.3) is 0 Å². The van der Waals surface area contributed by atoms with Gasteiger partial charge in [0, 0.05) is 12.6 Å². The van der Waals surface area contributed by atoms with Crippen LogP contribution in [0.1, 0.15) is 19.3 Å². The highest BCUT2D eigenvalue weighted by atomic mass is 35.5. The van der Waals surface area contributed by atoms with Gasteiger partial charge in [0.05, 0.1) is 29.9 Å². The van der Waals surface area contributed by atoms with Gasteiger partial charge in [-0.25, -0.2) is 0 Å². The third-order valence-electron chi connectivity index (χ3n) is 3.96. The summed E-state index contributed by atoms with van der Waals surface area (Å²) in [6.07, 6.45) is -0.561. The molecule has 0 aromatic carbocycles. The van der Waals surface area contributed by atoms with Crippen LogP contribution in [0.4, 0.5) is 13.2 Å². The van der Waals surface area contributed by atoms with Gasteiger partial charge in [-0.3, -0.25) is 4.99 Å². The molecule has 8 heteroatoms.